The van der Waals surface area contributed by atoms with Crippen LogP contribution in [0.25, 0.3) is 0 Å². The van der Waals surface area contributed by atoms with Crippen LogP contribution in [-0.4, -0.2) is 18.2 Å². The van der Waals surface area contributed by atoms with Crippen LogP contribution >= 0.6 is 0 Å². The van der Waals surface area contributed by atoms with Gasteiger partial charge in [0.15, 0.2) is 23.3 Å². The third-order valence-corrected chi connectivity index (χ3v) is 5.33. The van der Waals surface area contributed by atoms with E-state index in [-0.39, 0.29) is 0 Å². The predicted octanol–water partition coefficient (Wildman–Crippen LogP) is 4.24. The highest BCUT2D eigenvalue weighted by Crippen LogP contribution is 2.71. The van der Waals surface area contributed by atoms with Crippen LogP contribution in [0, 0.1) is 40.0 Å². The van der Waals surface area contributed by atoms with Gasteiger partial charge < -0.3 is 9.84 Å². The summed E-state index contributed by atoms with van der Waals surface area (Å²) >= 11 is 0. The number of ether oxygens (including phenoxy) is 1. The number of hydrogen-bond acceptors (Lipinski definition) is 2. The van der Waals surface area contributed by atoms with Crippen LogP contribution in [0.5, 0.6) is 0 Å². The monoisotopic (exact) mass is 360 g/mol. The molecule has 0 aliphatic heterocycles. The van der Waals surface area contributed by atoms with Crippen molar-refractivity contribution in [3.8, 4) is 0 Å². The second-order valence-corrected chi connectivity index (χ2v) is 6.82. The highest BCUT2D eigenvalue weighted by Gasteiger charge is 2.74. The smallest absolute Gasteiger partial charge is 0.311 e. The summed E-state index contributed by atoms with van der Waals surface area (Å²) in [6.07, 6.45) is 2.63. The van der Waals surface area contributed by atoms with Crippen LogP contribution in [0.3, 0.4) is 0 Å². The second kappa shape index (κ2) is 6.44. The minimum atomic E-state index is -1.58. The third-order valence-electron chi connectivity index (χ3n) is 5.33. The summed E-state index contributed by atoms with van der Waals surface area (Å²) in [4.78, 5) is 11.9. The number of hydrogen-bond donors (Lipinski definition) is 1. The lowest BCUT2D eigenvalue weighted by molar-refractivity contribution is -0.145. The Morgan fingerprint density at radius 3 is 2.00 bits per heavy atom. The molecule has 0 unspecified atom stereocenters. The number of aliphatic carboxylic acids is 1. The highest BCUT2D eigenvalue weighted by molar-refractivity contribution is 5.82. The summed E-state index contributed by atoms with van der Waals surface area (Å²) < 4.78 is 61.5. The van der Waals surface area contributed by atoms with Crippen molar-refractivity contribution in [3.05, 3.63) is 46.5 Å². The van der Waals surface area contributed by atoms with Crippen LogP contribution in [0.2, 0.25) is 0 Å². The van der Waals surface area contributed by atoms with Crippen molar-refractivity contribution in [1.82, 2.24) is 0 Å². The van der Waals surface area contributed by atoms with Crippen molar-refractivity contribution in [2.24, 2.45) is 16.7 Å². The maximum absolute atomic E-state index is 14.4. The topological polar surface area (TPSA) is 46.5 Å². The van der Waals surface area contributed by atoms with Crippen molar-refractivity contribution in [3.63, 3.8) is 0 Å². The van der Waals surface area contributed by atoms with Gasteiger partial charge in [0, 0.05) is 12.7 Å². The third kappa shape index (κ3) is 2.65. The van der Waals surface area contributed by atoms with Crippen LogP contribution in [0.4, 0.5) is 17.6 Å². The lowest BCUT2D eigenvalue weighted by Gasteiger charge is -2.18. The molecule has 0 saturated heterocycles. The molecule has 2 atom stereocenters. The lowest BCUT2D eigenvalue weighted by Crippen LogP contribution is -2.26. The van der Waals surface area contributed by atoms with Gasteiger partial charge in [0.25, 0.3) is 0 Å². The average molecular weight is 360 g/mol. The van der Waals surface area contributed by atoms with Gasteiger partial charge >= 0.3 is 5.97 Å². The molecule has 1 aliphatic carbocycles. The van der Waals surface area contributed by atoms with Gasteiger partial charge in [0.2, 0.25) is 0 Å². The molecule has 0 aromatic heterocycles. The van der Waals surface area contributed by atoms with E-state index in [1.54, 1.807) is 32.9 Å². The number of methoxy groups -OCH3 is 1. The first-order valence-electron chi connectivity index (χ1n) is 7.76. The normalized spacial score (nSPS) is 24.7. The molecule has 1 aliphatic rings. The molecule has 0 spiro atoms. The first-order valence-corrected chi connectivity index (χ1v) is 7.76. The molecular weight excluding hydrogens is 340 g/mol. The lowest BCUT2D eigenvalue weighted by atomic mass is 9.87. The Hall–Kier alpha value is -1.89. The van der Waals surface area contributed by atoms with E-state index in [9.17, 15) is 27.5 Å². The van der Waals surface area contributed by atoms with Crippen molar-refractivity contribution < 1.29 is 32.2 Å². The molecule has 1 aromatic rings. The van der Waals surface area contributed by atoms with Gasteiger partial charge in [-0.2, -0.15) is 0 Å². The van der Waals surface area contributed by atoms with Crippen molar-refractivity contribution in [2.45, 2.75) is 33.8 Å². The van der Waals surface area contributed by atoms with Crippen molar-refractivity contribution >= 4 is 5.97 Å². The zero-order valence-corrected chi connectivity index (χ0v) is 14.4. The zero-order chi connectivity index (χ0) is 19.2. The van der Waals surface area contributed by atoms with Gasteiger partial charge in [0.1, 0.15) is 0 Å². The van der Waals surface area contributed by atoms with E-state index in [4.69, 9.17) is 0 Å². The molecule has 138 valence electrons. The molecule has 1 aromatic carbocycles. The molecule has 7 heteroatoms. The molecule has 0 radical (unpaired) electrons. The quantitative estimate of drug-likeness (QED) is 0.469. The van der Waals surface area contributed by atoms with Gasteiger partial charge in [0.05, 0.1) is 17.6 Å². The number of halogens is 4. The Labute approximate surface area is 143 Å². The van der Waals surface area contributed by atoms with E-state index >= 15 is 0 Å². The molecule has 0 bridgehead atoms. The van der Waals surface area contributed by atoms with Crippen LogP contribution in [0.1, 0.15) is 31.9 Å². The Balaban J connectivity index is 2.59. The predicted molar refractivity (Wildman–Crippen MR) is 82.8 cm³/mol. The summed E-state index contributed by atoms with van der Waals surface area (Å²) in [5, 5.41) is 9.67. The fraction of sp³-hybridized carbons (Fsp3) is 0.500. The van der Waals surface area contributed by atoms with Gasteiger partial charge in [-0.15, -0.1) is 0 Å². The Morgan fingerprint density at radius 2 is 1.60 bits per heavy atom. The van der Waals surface area contributed by atoms with E-state index in [1.165, 1.54) is 0 Å². The summed E-state index contributed by atoms with van der Waals surface area (Å²) in [7, 11) is 1.14. The van der Waals surface area contributed by atoms with Crippen molar-refractivity contribution in [1.29, 1.82) is 0 Å². The van der Waals surface area contributed by atoms with Gasteiger partial charge in [-0.05, 0) is 24.7 Å². The first kappa shape index (κ1) is 19.4. The number of carboxylic acid groups (broad SMARTS) is 1. The maximum atomic E-state index is 14.4. The molecule has 1 N–H and O–H groups in total. The van der Waals surface area contributed by atoms with E-state index < -0.39 is 70.1 Å². The number of carbonyl (C=O) groups is 1. The van der Waals surface area contributed by atoms with Crippen LogP contribution in [0.15, 0.2) is 12.2 Å². The number of benzene rings is 1. The van der Waals surface area contributed by atoms with Crippen LogP contribution in [-0.2, 0) is 22.6 Å². The fourth-order valence-corrected chi connectivity index (χ4v) is 3.74. The van der Waals surface area contributed by atoms with E-state index in [0.717, 1.165) is 7.11 Å². The summed E-state index contributed by atoms with van der Waals surface area (Å²) in [6.45, 7) is 4.35. The molecule has 0 amide bonds. The fourth-order valence-electron chi connectivity index (χ4n) is 3.74. The van der Waals surface area contributed by atoms with Gasteiger partial charge in [-0.3, -0.25) is 4.79 Å². The molecule has 1 saturated carbocycles. The summed E-state index contributed by atoms with van der Waals surface area (Å²) in [5.74, 6) is -8.04. The summed E-state index contributed by atoms with van der Waals surface area (Å²) in [6, 6.07) is 0. The van der Waals surface area contributed by atoms with Gasteiger partial charge in [-0.1, -0.05) is 26.0 Å². The Morgan fingerprint density at radius 1 is 1.12 bits per heavy atom. The Kier molecular flexibility index (Phi) is 5.01. The van der Waals surface area contributed by atoms with Crippen molar-refractivity contribution in [2.75, 3.05) is 7.11 Å². The SMILES string of the molecule is C/C=C\[C@@H]1C(C)(C)[C@]1(Cc1c(F)c(F)c(COC)c(F)c1F)C(=O)O. The zero-order valence-electron chi connectivity index (χ0n) is 14.4. The van der Waals surface area contributed by atoms with E-state index in [0.29, 0.717) is 0 Å². The molecule has 2 rings (SSSR count). The van der Waals surface area contributed by atoms with E-state index in [2.05, 4.69) is 4.74 Å². The first-order chi connectivity index (χ1) is 11.6. The largest absolute Gasteiger partial charge is 0.481 e. The standard InChI is InChI=1S/C18H20F4O3/c1-5-6-11-17(2,3)18(11,16(23)24)7-9-12(19)14(21)10(8-25-4)15(22)13(9)20/h5-6,11H,7-8H2,1-4H3,(H,23,24)/b6-5-/t11-,18+/m1/s1. The highest BCUT2D eigenvalue weighted by atomic mass is 19.2. The maximum Gasteiger partial charge on any atom is 0.311 e. The number of rotatable bonds is 6. The van der Waals surface area contributed by atoms with Crippen LogP contribution < -0.4 is 0 Å². The molecule has 25 heavy (non-hydrogen) atoms. The molecule has 0 heterocycles. The van der Waals surface area contributed by atoms with Gasteiger partial charge in [-0.25, -0.2) is 17.6 Å². The molecular formula is C18H20F4O3. The second-order valence-electron chi connectivity index (χ2n) is 6.82. The summed E-state index contributed by atoms with van der Waals surface area (Å²) in [5.41, 5.74) is -4.10. The average Bonchev–Trinajstić information content (AvgIpc) is 3.02. The minimum absolute atomic E-state index is 0.508. The molecule has 3 nitrogen and oxygen atoms in total. The number of allylic oxidation sites excluding steroid dienone is 2. The van der Waals surface area contributed by atoms with E-state index in [1.807, 2.05) is 0 Å². The molecule has 1 fully saturated rings. The number of carboxylic acids is 1. The minimum Gasteiger partial charge on any atom is -0.481 e. The Bertz CT molecular complexity index is 713.